The van der Waals surface area contributed by atoms with E-state index in [1.807, 2.05) is 0 Å². The monoisotopic (exact) mass is 160 g/mol. The number of hydrogen-bond donors (Lipinski definition) is 1. The SMILES string of the molecule is CCC(CC(=O)O)OC(C)=O. The van der Waals surface area contributed by atoms with E-state index >= 15 is 0 Å². The van der Waals surface area contributed by atoms with Gasteiger partial charge in [0.25, 0.3) is 0 Å². The molecule has 0 amide bonds. The summed E-state index contributed by atoms with van der Waals surface area (Å²) in [4.78, 5) is 20.5. The molecule has 4 heteroatoms. The average molecular weight is 160 g/mol. The Labute approximate surface area is 65.2 Å². The first-order valence-corrected chi connectivity index (χ1v) is 3.45. The first kappa shape index (κ1) is 9.94. The van der Waals surface area contributed by atoms with Crippen LogP contribution in [0.25, 0.3) is 0 Å². The molecule has 4 nitrogen and oxygen atoms in total. The largest absolute Gasteiger partial charge is 0.481 e. The summed E-state index contributed by atoms with van der Waals surface area (Å²) in [5.41, 5.74) is 0. The van der Waals surface area contributed by atoms with Crippen LogP contribution in [0.5, 0.6) is 0 Å². The maximum atomic E-state index is 10.4. The Morgan fingerprint density at radius 2 is 2.09 bits per heavy atom. The highest BCUT2D eigenvalue weighted by atomic mass is 16.5. The Balaban J connectivity index is 3.76. The number of esters is 1. The lowest BCUT2D eigenvalue weighted by Crippen LogP contribution is -2.19. The van der Waals surface area contributed by atoms with Crippen LogP contribution in [0.4, 0.5) is 0 Å². The predicted octanol–water partition coefficient (Wildman–Crippen LogP) is 0.803. The summed E-state index contributed by atoms with van der Waals surface area (Å²) in [6, 6.07) is 0. The van der Waals surface area contributed by atoms with Crippen molar-refractivity contribution in [2.75, 3.05) is 0 Å². The van der Waals surface area contributed by atoms with Gasteiger partial charge in [0.2, 0.25) is 0 Å². The topological polar surface area (TPSA) is 63.6 Å². The molecule has 0 heterocycles. The normalized spacial score (nSPS) is 12.2. The van der Waals surface area contributed by atoms with Gasteiger partial charge < -0.3 is 9.84 Å². The van der Waals surface area contributed by atoms with Crippen molar-refractivity contribution in [2.24, 2.45) is 0 Å². The van der Waals surface area contributed by atoms with Crippen molar-refractivity contribution in [3.05, 3.63) is 0 Å². The third-order valence-electron chi connectivity index (χ3n) is 1.19. The molecule has 0 saturated carbocycles. The number of carbonyl (C=O) groups is 2. The maximum Gasteiger partial charge on any atom is 0.307 e. The maximum absolute atomic E-state index is 10.4. The van der Waals surface area contributed by atoms with Gasteiger partial charge >= 0.3 is 11.9 Å². The van der Waals surface area contributed by atoms with Gasteiger partial charge in [-0.25, -0.2) is 0 Å². The first-order valence-electron chi connectivity index (χ1n) is 3.45. The summed E-state index contributed by atoms with van der Waals surface area (Å²) in [6.45, 7) is 3.04. The van der Waals surface area contributed by atoms with Crippen molar-refractivity contribution in [3.63, 3.8) is 0 Å². The van der Waals surface area contributed by atoms with Gasteiger partial charge in [0.15, 0.2) is 0 Å². The summed E-state index contributed by atoms with van der Waals surface area (Å²) in [7, 11) is 0. The van der Waals surface area contributed by atoms with Gasteiger partial charge in [-0.2, -0.15) is 0 Å². The molecule has 1 N–H and O–H groups in total. The van der Waals surface area contributed by atoms with Crippen molar-refractivity contribution in [1.29, 1.82) is 0 Å². The fourth-order valence-electron chi connectivity index (χ4n) is 0.699. The van der Waals surface area contributed by atoms with Gasteiger partial charge in [-0.05, 0) is 6.42 Å². The molecule has 0 radical (unpaired) electrons. The standard InChI is InChI=1S/C7H12O4/c1-3-6(4-7(9)10)11-5(2)8/h6H,3-4H2,1-2H3,(H,9,10). The zero-order chi connectivity index (χ0) is 8.85. The van der Waals surface area contributed by atoms with Gasteiger partial charge in [0, 0.05) is 6.92 Å². The second kappa shape index (κ2) is 4.71. The van der Waals surface area contributed by atoms with Crippen LogP contribution in [-0.2, 0) is 14.3 Å². The summed E-state index contributed by atoms with van der Waals surface area (Å²) in [5, 5.41) is 8.34. The van der Waals surface area contributed by atoms with E-state index < -0.39 is 18.0 Å². The number of ether oxygens (including phenoxy) is 1. The zero-order valence-electron chi connectivity index (χ0n) is 6.66. The van der Waals surface area contributed by atoms with Crippen molar-refractivity contribution in [3.8, 4) is 0 Å². The molecule has 0 rings (SSSR count). The van der Waals surface area contributed by atoms with Crippen LogP contribution in [0.2, 0.25) is 0 Å². The van der Waals surface area contributed by atoms with E-state index in [0.717, 1.165) is 0 Å². The molecule has 0 bridgehead atoms. The number of carbonyl (C=O) groups excluding carboxylic acids is 1. The van der Waals surface area contributed by atoms with E-state index in [-0.39, 0.29) is 6.42 Å². The van der Waals surface area contributed by atoms with Crippen LogP contribution in [0.1, 0.15) is 26.7 Å². The third-order valence-corrected chi connectivity index (χ3v) is 1.19. The number of carboxylic acids is 1. The number of hydrogen-bond acceptors (Lipinski definition) is 3. The van der Waals surface area contributed by atoms with E-state index in [4.69, 9.17) is 9.84 Å². The molecule has 0 aromatic carbocycles. The van der Waals surface area contributed by atoms with Crippen molar-refractivity contribution in [1.82, 2.24) is 0 Å². The molecule has 0 spiro atoms. The van der Waals surface area contributed by atoms with Crippen LogP contribution in [0.15, 0.2) is 0 Å². The molecule has 0 aliphatic heterocycles. The summed E-state index contributed by atoms with van der Waals surface area (Å²) in [6.07, 6.45) is -0.0629. The van der Waals surface area contributed by atoms with Gasteiger partial charge in [-0.15, -0.1) is 0 Å². The highest BCUT2D eigenvalue weighted by Crippen LogP contribution is 2.03. The van der Waals surface area contributed by atoms with Crippen molar-refractivity contribution < 1.29 is 19.4 Å². The van der Waals surface area contributed by atoms with Crippen molar-refractivity contribution in [2.45, 2.75) is 32.8 Å². The third kappa shape index (κ3) is 5.39. The van der Waals surface area contributed by atoms with Gasteiger partial charge in [-0.3, -0.25) is 9.59 Å². The molecular weight excluding hydrogens is 148 g/mol. The number of carboxylic acid groups (broad SMARTS) is 1. The predicted molar refractivity (Wildman–Crippen MR) is 38.1 cm³/mol. The smallest absolute Gasteiger partial charge is 0.307 e. The minimum Gasteiger partial charge on any atom is -0.481 e. The Bertz CT molecular complexity index is 137. The zero-order valence-corrected chi connectivity index (χ0v) is 6.66. The molecule has 0 fully saturated rings. The van der Waals surface area contributed by atoms with E-state index in [2.05, 4.69) is 0 Å². The molecule has 0 aliphatic rings. The Morgan fingerprint density at radius 1 is 1.55 bits per heavy atom. The lowest BCUT2D eigenvalue weighted by molar-refractivity contribution is -0.150. The molecule has 0 aromatic rings. The Morgan fingerprint density at radius 3 is 2.36 bits per heavy atom. The van der Waals surface area contributed by atoms with Crippen LogP contribution >= 0.6 is 0 Å². The second-order valence-electron chi connectivity index (χ2n) is 2.24. The minimum atomic E-state index is -0.946. The Kier molecular flexibility index (Phi) is 4.26. The molecule has 1 atom stereocenters. The molecule has 11 heavy (non-hydrogen) atoms. The molecule has 1 unspecified atom stereocenters. The van der Waals surface area contributed by atoms with Crippen LogP contribution < -0.4 is 0 Å². The molecule has 64 valence electrons. The van der Waals surface area contributed by atoms with E-state index in [1.54, 1.807) is 6.92 Å². The van der Waals surface area contributed by atoms with Crippen molar-refractivity contribution >= 4 is 11.9 Å². The quantitative estimate of drug-likeness (QED) is 0.618. The molecule has 0 aromatic heterocycles. The van der Waals surface area contributed by atoms with E-state index in [9.17, 15) is 9.59 Å². The molecule has 0 saturated heterocycles. The highest BCUT2D eigenvalue weighted by molar-refractivity contribution is 5.69. The van der Waals surface area contributed by atoms with Crippen LogP contribution in [0, 0.1) is 0 Å². The summed E-state index contributed by atoms with van der Waals surface area (Å²) in [5.74, 6) is -1.38. The summed E-state index contributed by atoms with van der Waals surface area (Å²) >= 11 is 0. The first-order chi connectivity index (χ1) is 5.06. The number of rotatable bonds is 4. The average Bonchev–Trinajstić information content (AvgIpc) is 1.84. The Hall–Kier alpha value is -1.06. The minimum absolute atomic E-state index is 0.115. The van der Waals surface area contributed by atoms with E-state index in [1.165, 1.54) is 6.92 Å². The van der Waals surface area contributed by atoms with Gasteiger partial charge in [0.05, 0.1) is 6.42 Å². The van der Waals surface area contributed by atoms with E-state index in [0.29, 0.717) is 6.42 Å². The van der Waals surface area contributed by atoms with Crippen LogP contribution in [-0.4, -0.2) is 23.1 Å². The lowest BCUT2D eigenvalue weighted by atomic mass is 10.2. The van der Waals surface area contributed by atoms with Gasteiger partial charge in [0.1, 0.15) is 6.10 Å². The van der Waals surface area contributed by atoms with Gasteiger partial charge in [-0.1, -0.05) is 6.92 Å². The highest BCUT2D eigenvalue weighted by Gasteiger charge is 2.13. The number of aliphatic carboxylic acids is 1. The summed E-state index contributed by atoms with van der Waals surface area (Å²) < 4.78 is 4.69. The fourth-order valence-corrected chi connectivity index (χ4v) is 0.699. The van der Waals surface area contributed by atoms with Crippen LogP contribution in [0.3, 0.4) is 0 Å². The lowest BCUT2D eigenvalue weighted by Gasteiger charge is -2.11. The fraction of sp³-hybridized carbons (Fsp3) is 0.714. The molecule has 0 aliphatic carbocycles. The second-order valence-corrected chi connectivity index (χ2v) is 2.24. The molecular formula is C7H12O4.